The van der Waals surface area contributed by atoms with E-state index in [1.807, 2.05) is 66.7 Å². The number of carbonyl (C=O) groups is 1. The molecule has 57 heavy (non-hydrogen) atoms. The second-order valence-electron chi connectivity index (χ2n) is 14.3. The Morgan fingerprint density at radius 1 is 0.877 bits per heavy atom. The van der Waals surface area contributed by atoms with Crippen LogP contribution in [0.15, 0.2) is 131 Å². The summed E-state index contributed by atoms with van der Waals surface area (Å²) in [4.78, 5) is 33.2. The fourth-order valence-corrected chi connectivity index (χ4v) is 8.01. The molecule has 0 radical (unpaired) electrons. The molecule has 300 valence electrons. The summed E-state index contributed by atoms with van der Waals surface area (Å²) >= 11 is 8.86. The highest BCUT2D eigenvalue weighted by molar-refractivity contribution is 7.99. The molecule has 2 N–H and O–H groups in total. The Hall–Kier alpha value is -4.52. The van der Waals surface area contributed by atoms with Crippen LogP contribution in [0.4, 0.5) is 17.1 Å². The standard InChI is InChI=1S/C38H36ClN5O3S2.C7H17N/c39-31-14-10-28(11-15-31)35-9-5-4-6-30(35)27-42-21-23-43(24-22-42)32-16-12-29(13-17-32)38(45)41-49-34-18-19-36(37(26-34)44(46)47)40-20-25-48-33-7-2-1-3-8-33;1-5-8(4)6-7(2)3/h1-19,26,40H,20-25,27H2,(H,41,45);7H,5-6H2,1-4H3. The van der Waals surface area contributed by atoms with Crippen LogP contribution in [0, 0.1) is 16.0 Å². The Balaban J connectivity index is 0.000000701. The van der Waals surface area contributed by atoms with E-state index in [-0.39, 0.29) is 11.6 Å². The van der Waals surface area contributed by atoms with Gasteiger partial charge in [0.2, 0.25) is 0 Å². The van der Waals surface area contributed by atoms with Crippen molar-refractivity contribution >= 4 is 58.3 Å². The van der Waals surface area contributed by atoms with Gasteiger partial charge in [0, 0.05) is 83.7 Å². The van der Waals surface area contributed by atoms with Crippen LogP contribution in [-0.4, -0.2) is 79.2 Å². The van der Waals surface area contributed by atoms with E-state index in [0.29, 0.717) is 22.7 Å². The summed E-state index contributed by atoms with van der Waals surface area (Å²) in [5.74, 6) is 1.31. The Morgan fingerprint density at radius 3 is 2.21 bits per heavy atom. The maximum Gasteiger partial charge on any atom is 0.293 e. The number of nitro benzene ring substituents is 1. The van der Waals surface area contributed by atoms with Crippen LogP contribution in [0.3, 0.4) is 0 Å². The third-order valence-electron chi connectivity index (χ3n) is 9.51. The van der Waals surface area contributed by atoms with E-state index in [9.17, 15) is 14.9 Å². The lowest BCUT2D eigenvalue weighted by atomic mass is 9.99. The normalized spacial score (nSPS) is 12.9. The molecule has 1 amide bonds. The predicted molar refractivity (Wildman–Crippen MR) is 241 cm³/mol. The van der Waals surface area contributed by atoms with E-state index >= 15 is 0 Å². The molecule has 12 heteroatoms. The van der Waals surface area contributed by atoms with Gasteiger partial charge in [0.15, 0.2) is 0 Å². The minimum absolute atomic E-state index is 0.0285. The number of nitro groups is 1. The summed E-state index contributed by atoms with van der Waals surface area (Å²) in [7, 11) is 2.15. The van der Waals surface area contributed by atoms with Crippen molar-refractivity contribution in [2.45, 2.75) is 37.1 Å². The summed E-state index contributed by atoms with van der Waals surface area (Å²) in [5, 5.41) is 15.7. The van der Waals surface area contributed by atoms with Gasteiger partial charge in [-0.25, -0.2) is 0 Å². The third-order valence-corrected chi connectivity index (χ3v) is 11.5. The molecule has 0 aromatic heterocycles. The van der Waals surface area contributed by atoms with Crippen molar-refractivity contribution < 1.29 is 9.72 Å². The number of thioether (sulfide) groups is 1. The first kappa shape index (κ1) is 43.6. The molecule has 6 rings (SSSR count). The molecule has 1 fully saturated rings. The maximum absolute atomic E-state index is 12.9. The van der Waals surface area contributed by atoms with Gasteiger partial charge >= 0.3 is 0 Å². The van der Waals surface area contributed by atoms with E-state index in [0.717, 1.165) is 84.1 Å². The molecule has 0 unspecified atom stereocenters. The molecule has 1 heterocycles. The van der Waals surface area contributed by atoms with Crippen LogP contribution in [0.1, 0.15) is 36.7 Å². The number of rotatable bonds is 16. The summed E-state index contributed by atoms with van der Waals surface area (Å²) in [6.45, 7) is 14.1. The maximum atomic E-state index is 12.9. The number of hydrogen-bond acceptors (Lipinski definition) is 9. The number of amides is 1. The van der Waals surface area contributed by atoms with Crippen LogP contribution in [0.5, 0.6) is 0 Å². The number of nitrogens with one attached hydrogen (secondary N) is 2. The van der Waals surface area contributed by atoms with Crippen molar-refractivity contribution in [2.75, 3.05) is 68.8 Å². The van der Waals surface area contributed by atoms with E-state index in [2.05, 4.69) is 89.0 Å². The molecule has 9 nitrogen and oxygen atoms in total. The SMILES string of the molecule is CCN(C)CC(C)C.O=C(NSc1ccc(NCCSc2ccccc2)c([N+](=O)[O-])c1)c1ccc(N2CCN(Cc3ccccc3-c3ccc(Cl)cc3)CC2)cc1. The van der Waals surface area contributed by atoms with Gasteiger partial charge in [-0.15, -0.1) is 11.8 Å². The smallest absolute Gasteiger partial charge is 0.293 e. The molecule has 0 aliphatic carbocycles. The fourth-order valence-electron chi connectivity index (χ4n) is 6.46. The fraction of sp³-hybridized carbons (Fsp3) is 0.311. The second kappa shape index (κ2) is 22.4. The zero-order valence-electron chi connectivity index (χ0n) is 33.2. The van der Waals surface area contributed by atoms with E-state index in [1.54, 1.807) is 23.9 Å². The zero-order chi connectivity index (χ0) is 40.6. The number of carbonyl (C=O) groups excluding carboxylic acids is 1. The van der Waals surface area contributed by atoms with Gasteiger partial charge in [-0.1, -0.05) is 87.0 Å². The van der Waals surface area contributed by atoms with E-state index in [4.69, 9.17) is 11.6 Å². The lowest BCUT2D eigenvalue weighted by Gasteiger charge is -2.36. The first-order chi connectivity index (χ1) is 27.6. The number of halogens is 1. The number of anilines is 2. The molecule has 0 spiro atoms. The van der Waals surface area contributed by atoms with Crippen molar-refractivity contribution in [1.29, 1.82) is 0 Å². The number of hydrogen-bond donors (Lipinski definition) is 2. The summed E-state index contributed by atoms with van der Waals surface area (Å²) < 4.78 is 2.82. The quantitative estimate of drug-likeness (QED) is 0.0332. The minimum atomic E-state index is -0.405. The highest BCUT2D eigenvalue weighted by Crippen LogP contribution is 2.31. The molecule has 0 saturated carbocycles. The third kappa shape index (κ3) is 13.8. The molecule has 1 aliphatic rings. The number of benzene rings is 5. The average molecular weight is 826 g/mol. The Kier molecular flexibility index (Phi) is 17.2. The van der Waals surface area contributed by atoms with Gasteiger partial charge in [-0.3, -0.25) is 24.5 Å². The van der Waals surface area contributed by atoms with Crippen molar-refractivity contribution in [1.82, 2.24) is 14.5 Å². The monoisotopic (exact) mass is 824 g/mol. The van der Waals surface area contributed by atoms with Crippen LogP contribution in [-0.2, 0) is 6.54 Å². The van der Waals surface area contributed by atoms with Crippen molar-refractivity contribution in [3.63, 3.8) is 0 Å². The van der Waals surface area contributed by atoms with Crippen molar-refractivity contribution in [3.8, 4) is 11.1 Å². The van der Waals surface area contributed by atoms with Crippen LogP contribution in [0.25, 0.3) is 11.1 Å². The van der Waals surface area contributed by atoms with Crippen molar-refractivity contribution in [2.24, 2.45) is 5.92 Å². The largest absolute Gasteiger partial charge is 0.379 e. The van der Waals surface area contributed by atoms with Crippen LogP contribution < -0.4 is 14.9 Å². The summed E-state index contributed by atoms with van der Waals surface area (Å²) in [6.07, 6.45) is 0. The van der Waals surface area contributed by atoms with Crippen LogP contribution in [0.2, 0.25) is 5.02 Å². The molecular formula is C45H53ClN6O3S2. The van der Waals surface area contributed by atoms with Crippen molar-refractivity contribution in [3.05, 3.63) is 148 Å². The van der Waals surface area contributed by atoms with Gasteiger partial charge in [0.05, 0.1) is 4.92 Å². The molecular weight excluding hydrogens is 772 g/mol. The highest BCUT2D eigenvalue weighted by atomic mass is 35.5. The molecule has 5 aromatic carbocycles. The van der Waals surface area contributed by atoms with Gasteiger partial charge in [0.25, 0.3) is 11.6 Å². The van der Waals surface area contributed by atoms with Crippen LogP contribution >= 0.6 is 35.3 Å². The number of nitrogens with zero attached hydrogens (tertiary/aromatic N) is 4. The van der Waals surface area contributed by atoms with Gasteiger partial charge in [-0.2, -0.15) is 0 Å². The predicted octanol–water partition coefficient (Wildman–Crippen LogP) is 10.5. The van der Waals surface area contributed by atoms with Gasteiger partial charge < -0.3 is 15.1 Å². The Labute approximate surface area is 351 Å². The molecule has 1 aliphatic heterocycles. The van der Waals surface area contributed by atoms with Gasteiger partial charge in [-0.05, 0) is 109 Å². The highest BCUT2D eigenvalue weighted by Gasteiger charge is 2.20. The summed E-state index contributed by atoms with van der Waals surface area (Å²) in [5.41, 5.74) is 5.71. The van der Waals surface area contributed by atoms with Gasteiger partial charge in [0.1, 0.15) is 5.69 Å². The summed E-state index contributed by atoms with van der Waals surface area (Å²) in [6, 6.07) is 39.1. The molecule has 0 bridgehead atoms. The first-order valence-corrected chi connectivity index (χ1v) is 21.5. The lowest BCUT2D eigenvalue weighted by Crippen LogP contribution is -2.46. The van der Waals surface area contributed by atoms with E-state index < -0.39 is 4.92 Å². The molecule has 0 atom stereocenters. The number of piperazine rings is 1. The molecule has 1 saturated heterocycles. The second-order valence-corrected chi connectivity index (χ2v) is 16.8. The minimum Gasteiger partial charge on any atom is -0.379 e. The average Bonchev–Trinajstić information content (AvgIpc) is 3.23. The zero-order valence-corrected chi connectivity index (χ0v) is 35.6. The lowest BCUT2D eigenvalue weighted by molar-refractivity contribution is -0.384. The Bertz CT molecular complexity index is 2010. The molecule has 5 aromatic rings. The van der Waals surface area contributed by atoms with E-state index in [1.165, 1.54) is 23.7 Å². The first-order valence-electron chi connectivity index (χ1n) is 19.4. The Morgan fingerprint density at radius 2 is 1.56 bits per heavy atom. The topological polar surface area (TPSA) is 94.0 Å².